The van der Waals surface area contributed by atoms with Gasteiger partial charge < -0.3 is 14.6 Å². The van der Waals surface area contributed by atoms with Crippen LogP contribution in [0.25, 0.3) is 6.08 Å². The minimum absolute atomic E-state index is 0.0369. The number of halogens is 1. The van der Waals surface area contributed by atoms with Crippen molar-refractivity contribution < 1.29 is 9.21 Å². The lowest BCUT2D eigenvalue weighted by molar-refractivity contribution is -0.117. The van der Waals surface area contributed by atoms with Crippen molar-refractivity contribution in [3.8, 4) is 6.07 Å². The molecule has 23 heavy (non-hydrogen) atoms. The minimum atomic E-state index is -0.438. The molecular weight excluding hydrogens is 358 g/mol. The molecule has 0 saturated carbocycles. The summed E-state index contributed by atoms with van der Waals surface area (Å²) in [6.07, 6.45) is 3.09. The molecule has 0 atom stereocenters. The Labute approximate surface area is 143 Å². The van der Waals surface area contributed by atoms with Gasteiger partial charge in [-0.25, -0.2) is 0 Å². The van der Waals surface area contributed by atoms with Gasteiger partial charge in [0.1, 0.15) is 17.4 Å². The zero-order valence-electron chi connectivity index (χ0n) is 12.8. The zero-order valence-corrected chi connectivity index (χ0v) is 14.4. The van der Waals surface area contributed by atoms with E-state index in [2.05, 4.69) is 21.2 Å². The number of carbonyl (C=O) groups excluding carboxylic acids is 1. The molecule has 0 radical (unpaired) electrons. The molecule has 1 aromatic carbocycles. The highest BCUT2D eigenvalue weighted by atomic mass is 79.9. The Balaban J connectivity index is 2.14. The summed E-state index contributed by atoms with van der Waals surface area (Å²) in [5.74, 6) is 0.194. The third kappa shape index (κ3) is 4.47. The number of hydrogen-bond acceptors (Lipinski definition) is 4. The van der Waals surface area contributed by atoms with Gasteiger partial charge >= 0.3 is 0 Å². The van der Waals surface area contributed by atoms with E-state index in [1.54, 1.807) is 18.2 Å². The van der Waals surface area contributed by atoms with E-state index >= 15 is 0 Å². The van der Waals surface area contributed by atoms with Crippen LogP contribution in [-0.2, 0) is 11.3 Å². The van der Waals surface area contributed by atoms with Crippen LogP contribution in [0.15, 0.2) is 51.1 Å². The van der Waals surface area contributed by atoms with Crippen molar-refractivity contribution in [2.24, 2.45) is 0 Å². The smallest absolute Gasteiger partial charge is 0.262 e. The quantitative estimate of drug-likeness (QED) is 0.644. The number of benzene rings is 1. The highest BCUT2D eigenvalue weighted by Crippen LogP contribution is 2.25. The molecule has 0 aliphatic heterocycles. The Kier molecular flexibility index (Phi) is 5.61. The third-order valence-corrected chi connectivity index (χ3v) is 3.86. The van der Waals surface area contributed by atoms with Crippen molar-refractivity contribution >= 4 is 33.6 Å². The molecule has 1 heterocycles. The van der Waals surface area contributed by atoms with Crippen LogP contribution in [0.1, 0.15) is 11.3 Å². The lowest BCUT2D eigenvalue weighted by atomic mass is 10.1. The van der Waals surface area contributed by atoms with Crippen LogP contribution in [-0.4, -0.2) is 20.0 Å². The van der Waals surface area contributed by atoms with Gasteiger partial charge in [-0.3, -0.25) is 4.79 Å². The fraction of sp³-hybridized carbons (Fsp3) is 0.176. The van der Waals surface area contributed by atoms with Crippen LogP contribution in [0.3, 0.4) is 0 Å². The normalized spacial score (nSPS) is 11.0. The molecule has 0 spiro atoms. The van der Waals surface area contributed by atoms with E-state index in [1.807, 2.05) is 43.3 Å². The SMILES string of the molecule is CN(C)c1ccc(/C=C(/C#N)C(=O)NCc2ccco2)c(Br)c1. The second kappa shape index (κ2) is 7.65. The van der Waals surface area contributed by atoms with Crippen LogP contribution in [0.5, 0.6) is 0 Å². The molecular formula is C17H16BrN3O2. The Morgan fingerprint density at radius 1 is 1.43 bits per heavy atom. The third-order valence-electron chi connectivity index (χ3n) is 3.17. The van der Waals surface area contributed by atoms with Crippen molar-refractivity contribution in [3.63, 3.8) is 0 Å². The summed E-state index contributed by atoms with van der Waals surface area (Å²) in [7, 11) is 3.89. The number of amides is 1. The molecule has 0 bridgehead atoms. The van der Waals surface area contributed by atoms with Crippen LogP contribution < -0.4 is 10.2 Å². The first-order chi connectivity index (χ1) is 11.0. The number of nitrogens with one attached hydrogen (secondary N) is 1. The number of furan rings is 1. The van der Waals surface area contributed by atoms with Gasteiger partial charge in [-0.05, 0) is 35.9 Å². The van der Waals surface area contributed by atoms with E-state index in [0.717, 1.165) is 15.7 Å². The Bertz CT molecular complexity index is 759. The highest BCUT2D eigenvalue weighted by molar-refractivity contribution is 9.10. The minimum Gasteiger partial charge on any atom is -0.467 e. The molecule has 5 nitrogen and oxygen atoms in total. The maximum atomic E-state index is 12.1. The summed E-state index contributed by atoms with van der Waals surface area (Å²) in [5.41, 5.74) is 1.82. The largest absolute Gasteiger partial charge is 0.467 e. The molecule has 1 aromatic heterocycles. The van der Waals surface area contributed by atoms with Crippen LogP contribution in [0.4, 0.5) is 5.69 Å². The Hall–Kier alpha value is -2.52. The van der Waals surface area contributed by atoms with Gasteiger partial charge in [0.15, 0.2) is 0 Å². The average molecular weight is 374 g/mol. The van der Waals surface area contributed by atoms with Crippen LogP contribution in [0, 0.1) is 11.3 Å². The molecule has 6 heteroatoms. The summed E-state index contributed by atoms with van der Waals surface area (Å²) in [6, 6.07) is 11.1. The molecule has 1 N–H and O–H groups in total. The van der Waals surface area contributed by atoms with E-state index in [0.29, 0.717) is 5.76 Å². The summed E-state index contributed by atoms with van der Waals surface area (Å²) >= 11 is 3.47. The standard InChI is InChI=1S/C17H16BrN3O2/c1-21(2)14-6-5-12(16(18)9-14)8-13(10-19)17(22)20-11-15-4-3-7-23-15/h3-9H,11H2,1-2H3,(H,20,22)/b13-8-. The van der Waals surface area contributed by atoms with Gasteiger partial charge in [-0.15, -0.1) is 0 Å². The van der Waals surface area contributed by atoms with Crippen molar-refractivity contribution in [3.05, 3.63) is 58.0 Å². The molecule has 0 unspecified atom stereocenters. The molecule has 2 aromatic rings. The lowest BCUT2D eigenvalue weighted by Gasteiger charge is -2.13. The number of hydrogen-bond donors (Lipinski definition) is 1. The van der Waals surface area contributed by atoms with Crippen LogP contribution in [0.2, 0.25) is 0 Å². The van der Waals surface area contributed by atoms with Gasteiger partial charge in [0.2, 0.25) is 0 Å². The molecule has 0 aliphatic carbocycles. The fourth-order valence-corrected chi connectivity index (χ4v) is 2.37. The number of rotatable bonds is 5. The molecule has 0 fully saturated rings. The lowest BCUT2D eigenvalue weighted by Crippen LogP contribution is -2.23. The van der Waals surface area contributed by atoms with Gasteiger partial charge in [-0.2, -0.15) is 5.26 Å². The zero-order chi connectivity index (χ0) is 16.8. The first-order valence-corrected chi connectivity index (χ1v) is 7.70. The summed E-state index contributed by atoms with van der Waals surface area (Å²) < 4.78 is 5.96. The van der Waals surface area contributed by atoms with E-state index in [4.69, 9.17) is 4.42 Å². The van der Waals surface area contributed by atoms with Crippen molar-refractivity contribution in [1.29, 1.82) is 5.26 Å². The van der Waals surface area contributed by atoms with Crippen LogP contribution >= 0.6 is 15.9 Å². The van der Waals surface area contributed by atoms with Crippen molar-refractivity contribution in [1.82, 2.24) is 5.32 Å². The molecule has 2 rings (SSSR count). The highest BCUT2D eigenvalue weighted by Gasteiger charge is 2.11. The maximum Gasteiger partial charge on any atom is 0.262 e. The second-order valence-corrected chi connectivity index (χ2v) is 5.89. The summed E-state index contributed by atoms with van der Waals surface area (Å²) in [6.45, 7) is 0.242. The van der Waals surface area contributed by atoms with Gasteiger partial charge in [-0.1, -0.05) is 22.0 Å². The summed E-state index contributed by atoms with van der Waals surface area (Å²) in [5, 5.41) is 11.9. The van der Waals surface area contributed by atoms with Gasteiger partial charge in [0.05, 0.1) is 12.8 Å². The monoisotopic (exact) mass is 373 g/mol. The van der Waals surface area contributed by atoms with Gasteiger partial charge in [0.25, 0.3) is 5.91 Å². The number of anilines is 1. The number of nitriles is 1. The predicted octanol–water partition coefficient (Wildman–Crippen LogP) is 3.33. The van der Waals surface area contributed by atoms with Crippen molar-refractivity contribution in [2.45, 2.75) is 6.54 Å². The average Bonchev–Trinajstić information content (AvgIpc) is 3.04. The Morgan fingerprint density at radius 3 is 2.78 bits per heavy atom. The molecule has 0 aliphatic rings. The maximum absolute atomic E-state index is 12.1. The van der Waals surface area contributed by atoms with E-state index in [9.17, 15) is 10.1 Å². The first-order valence-electron chi connectivity index (χ1n) is 6.90. The number of nitrogens with zero attached hydrogens (tertiary/aromatic N) is 2. The predicted molar refractivity (Wildman–Crippen MR) is 92.6 cm³/mol. The van der Waals surface area contributed by atoms with E-state index < -0.39 is 5.91 Å². The number of carbonyl (C=O) groups is 1. The van der Waals surface area contributed by atoms with E-state index in [1.165, 1.54) is 6.26 Å². The van der Waals surface area contributed by atoms with E-state index in [-0.39, 0.29) is 12.1 Å². The second-order valence-electron chi connectivity index (χ2n) is 5.03. The molecule has 0 saturated heterocycles. The Morgan fingerprint density at radius 2 is 2.22 bits per heavy atom. The summed E-state index contributed by atoms with van der Waals surface area (Å²) in [4.78, 5) is 14.1. The fourth-order valence-electron chi connectivity index (χ4n) is 1.89. The van der Waals surface area contributed by atoms with Gasteiger partial charge in [0, 0.05) is 24.3 Å². The van der Waals surface area contributed by atoms with Crippen molar-refractivity contribution in [2.75, 3.05) is 19.0 Å². The first kappa shape index (κ1) is 16.8. The molecule has 1 amide bonds. The topological polar surface area (TPSA) is 69.3 Å². The molecule has 118 valence electrons.